The highest BCUT2D eigenvalue weighted by Crippen LogP contribution is 2.24. The number of fused-ring (bicyclic) bond motifs is 3. The molecule has 170 valence electrons. The van der Waals surface area contributed by atoms with E-state index in [9.17, 15) is 14.0 Å². The molecular formula is C25H20FN5O2S. The fourth-order valence-electron chi connectivity index (χ4n) is 3.70. The van der Waals surface area contributed by atoms with Gasteiger partial charge in [0.2, 0.25) is 11.7 Å². The maximum atomic E-state index is 13.8. The average molecular weight is 474 g/mol. The largest absolute Gasteiger partial charge is 0.325 e. The van der Waals surface area contributed by atoms with Crippen LogP contribution in [0.5, 0.6) is 0 Å². The molecule has 0 spiro atoms. The third kappa shape index (κ3) is 3.94. The molecule has 0 atom stereocenters. The van der Waals surface area contributed by atoms with E-state index in [4.69, 9.17) is 0 Å². The van der Waals surface area contributed by atoms with Gasteiger partial charge in [-0.2, -0.15) is 0 Å². The van der Waals surface area contributed by atoms with Gasteiger partial charge in [0, 0.05) is 5.69 Å². The predicted molar refractivity (Wildman–Crippen MR) is 131 cm³/mol. The van der Waals surface area contributed by atoms with Crippen LogP contribution in [0.2, 0.25) is 0 Å². The minimum absolute atomic E-state index is 0.0360. The first-order chi connectivity index (χ1) is 16.4. The van der Waals surface area contributed by atoms with Crippen LogP contribution in [0.1, 0.15) is 11.1 Å². The molecule has 7 nitrogen and oxygen atoms in total. The molecule has 0 aliphatic rings. The fraction of sp³-hybridized carbons (Fsp3) is 0.120. The van der Waals surface area contributed by atoms with Gasteiger partial charge in [0.1, 0.15) is 5.82 Å². The number of hydrogen-bond acceptors (Lipinski definition) is 5. The summed E-state index contributed by atoms with van der Waals surface area (Å²) in [6.07, 6.45) is 0. The Bertz CT molecular complexity index is 1610. The first-order valence-corrected chi connectivity index (χ1v) is 11.6. The molecule has 0 saturated carbocycles. The van der Waals surface area contributed by atoms with E-state index < -0.39 is 0 Å². The van der Waals surface area contributed by atoms with Crippen LogP contribution in [0.4, 0.5) is 10.1 Å². The topological polar surface area (TPSA) is 81.3 Å². The highest BCUT2D eigenvalue weighted by atomic mass is 32.2. The van der Waals surface area contributed by atoms with E-state index in [2.05, 4.69) is 15.5 Å². The summed E-state index contributed by atoms with van der Waals surface area (Å²) in [7, 11) is 0. The molecular weight excluding hydrogens is 453 g/mol. The Morgan fingerprint density at radius 1 is 1.03 bits per heavy atom. The number of carbonyl (C=O) groups excluding carboxylic acids is 1. The van der Waals surface area contributed by atoms with Crippen molar-refractivity contribution in [1.29, 1.82) is 0 Å². The normalized spacial score (nSPS) is 11.3. The van der Waals surface area contributed by atoms with Crippen LogP contribution in [-0.2, 0) is 4.79 Å². The van der Waals surface area contributed by atoms with Crippen molar-refractivity contribution >= 4 is 40.0 Å². The molecule has 3 aromatic carbocycles. The summed E-state index contributed by atoms with van der Waals surface area (Å²) in [4.78, 5) is 25.8. The summed E-state index contributed by atoms with van der Waals surface area (Å²) < 4.78 is 17.1. The lowest BCUT2D eigenvalue weighted by atomic mass is 10.2. The molecule has 9 heteroatoms. The Kier molecular flexibility index (Phi) is 5.62. The Balaban J connectivity index is 1.52. The van der Waals surface area contributed by atoms with Gasteiger partial charge in [0.15, 0.2) is 5.16 Å². The monoisotopic (exact) mass is 473 g/mol. The fourth-order valence-corrected chi connectivity index (χ4v) is 4.44. The maximum Gasteiger partial charge on any atom is 0.267 e. The van der Waals surface area contributed by atoms with E-state index in [0.29, 0.717) is 38.8 Å². The number of rotatable bonds is 5. The van der Waals surface area contributed by atoms with Gasteiger partial charge in [0.25, 0.3) is 5.56 Å². The molecule has 0 fully saturated rings. The molecule has 2 aromatic heterocycles. The molecule has 2 heterocycles. The van der Waals surface area contributed by atoms with Gasteiger partial charge in [-0.3, -0.25) is 14.0 Å². The van der Waals surface area contributed by atoms with Crippen molar-refractivity contribution in [3.05, 3.63) is 94.0 Å². The summed E-state index contributed by atoms with van der Waals surface area (Å²) in [6.45, 7) is 3.64. The van der Waals surface area contributed by atoms with E-state index in [1.165, 1.54) is 22.4 Å². The molecule has 0 saturated heterocycles. The van der Waals surface area contributed by atoms with Gasteiger partial charge in [-0.1, -0.05) is 47.7 Å². The first-order valence-electron chi connectivity index (χ1n) is 10.6. The highest BCUT2D eigenvalue weighted by molar-refractivity contribution is 7.99. The van der Waals surface area contributed by atoms with Crippen molar-refractivity contribution in [2.24, 2.45) is 0 Å². The van der Waals surface area contributed by atoms with Crippen molar-refractivity contribution in [2.75, 3.05) is 11.1 Å². The number of nitrogens with zero attached hydrogens (tertiary/aromatic N) is 4. The predicted octanol–water partition coefficient (Wildman–Crippen LogP) is 4.52. The summed E-state index contributed by atoms with van der Waals surface area (Å²) >= 11 is 1.19. The van der Waals surface area contributed by atoms with Crippen molar-refractivity contribution in [1.82, 2.24) is 19.2 Å². The molecule has 0 radical (unpaired) electrons. The second-order valence-electron chi connectivity index (χ2n) is 7.91. The Morgan fingerprint density at radius 2 is 1.79 bits per heavy atom. The number of carbonyl (C=O) groups is 1. The minimum atomic E-state index is -0.380. The van der Waals surface area contributed by atoms with E-state index >= 15 is 0 Å². The first kappa shape index (κ1) is 21.8. The van der Waals surface area contributed by atoms with Crippen molar-refractivity contribution in [3.63, 3.8) is 0 Å². The molecule has 0 aliphatic heterocycles. The van der Waals surface area contributed by atoms with Gasteiger partial charge in [-0.25, -0.2) is 8.96 Å². The Morgan fingerprint density at radius 3 is 2.56 bits per heavy atom. The molecule has 0 aliphatic carbocycles. The van der Waals surface area contributed by atoms with Crippen LogP contribution in [0, 0.1) is 19.7 Å². The van der Waals surface area contributed by atoms with Crippen LogP contribution in [-0.4, -0.2) is 30.8 Å². The van der Waals surface area contributed by atoms with Crippen molar-refractivity contribution in [3.8, 4) is 5.69 Å². The summed E-state index contributed by atoms with van der Waals surface area (Å²) in [5.74, 6) is -0.291. The van der Waals surface area contributed by atoms with Gasteiger partial charge < -0.3 is 5.32 Å². The van der Waals surface area contributed by atoms with Gasteiger partial charge >= 0.3 is 0 Å². The van der Waals surface area contributed by atoms with E-state index in [-0.39, 0.29) is 23.0 Å². The number of benzene rings is 3. The zero-order valence-electron chi connectivity index (χ0n) is 18.4. The Labute approximate surface area is 198 Å². The van der Waals surface area contributed by atoms with Crippen LogP contribution in [0.15, 0.2) is 76.7 Å². The molecule has 0 bridgehead atoms. The number of hydrogen-bond donors (Lipinski definition) is 1. The number of anilines is 1. The number of halogens is 1. The number of aromatic nitrogens is 4. The lowest BCUT2D eigenvalue weighted by Crippen LogP contribution is -2.22. The summed E-state index contributed by atoms with van der Waals surface area (Å²) in [6, 6.07) is 19.4. The lowest BCUT2D eigenvalue weighted by molar-refractivity contribution is -0.113. The smallest absolute Gasteiger partial charge is 0.267 e. The number of nitrogens with one attached hydrogen (secondary N) is 1. The zero-order valence-corrected chi connectivity index (χ0v) is 19.3. The SMILES string of the molecule is Cc1ccc(-n2c(=O)c3ccccc3n3c(SCC(=O)Nc4ccc(C)c(F)c4)nnc23)cc1. The van der Waals surface area contributed by atoms with E-state index in [0.717, 1.165) is 5.56 Å². The number of para-hydroxylation sites is 1. The zero-order chi connectivity index (χ0) is 23.8. The second-order valence-corrected chi connectivity index (χ2v) is 8.85. The molecule has 5 aromatic rings. The van der Waals surface area contributed by atoms with Crippen LogP contribution in [0.25, 0.3) is 22.4 Å². The lowest BCUT2D eigenvalue weighted by Gasteiger charge is -2.11. The molecule has 5 rings (SSSR count). The highest BCUT2D eigenvalue weighted by Gasteiger charge is 2.18. The quantitative estimate of drug-likeness (QED) is 0.380. The number of thioether (sulfide) groups is 1. The van der Waals surface area contributed by atoms with E-state index in [1.54, 1.807) is 35.6 Å². The van der Waals surface area contributed by atoms with Crippen LogP contribution in [0.3, 0.4) is 0 Å². The van der Waals surface area contributed by atoms with E-state index in [1.807, 2.05) is 43.3 Å². The van der Waals surface area contributed by atoms with Gasteiger partial charge in [-0.05, 0) is 55.8 Å². The molecule has 1 N–H and O–H groups in total. The second kappa shape index (κ2) is 8.75. The molecule has 0 unspecified atom stereocenters. The molecule has 1 amide bonds. The average Bonchev–Trinajstić information content (AvgIpc) is 3.25. The van der Waals surface area contributed by atoms with Crippen molar-refractivity contribution in [2.45, 2.75) is 19.0 Å². The summed E-state index contributed by atoms with van der Waals surface area (Å²) in [5, 5.41) is 12.2. The van der Waals surface area contributed by atoms with Gasteiger partial charge in [-0.15, -0.1) is 10.2 Å². The minimum Gasteiger partial charge on any atom is -0.325 e. The van der Waals surface area contributed by atoms with Gasteiger partial charge in [0.05, 0.1) is 22.3 Å². The third-order valence-corrected chi connectivity index (χ3v) is 6.40. The number of amides is 1. The standard InChI is InChI=1S/C25H20FN5O2S/c1-15-7-11-18(12-8-15)30-23(33)19-5-3-4-6-21(19)31-24(30)28-29-25(31)34-14-22(32)27-17-10-9-16(2)20(26)13-17/h3-13H,14H2,1-2H3,(H,27,32). The Hall–Kier alpha value is -3.98. The summed E-state index contributed by atoms with van der Waals surface area (Å²) in [5.41, 5.74) is 3.10. The van der Waals surface area contributed by atoms with Crippen molar-refractivity contribution < 1.29 is 9.18 Å². The third-order valence-electron chi connectivity index (χ3n) is 5.47. The van der Waals surface area contributed by atoms with Crippen LogP contribution < -0.4 is 10.9 Å². The maximum absolute atomic E-state index is 13.8. The molecule has 34 heavy (non-hydrogen) atoms. The van der Waals surface area contributed by atoms with Crippen LogP contribution >= 0.6 is 11.8 Å². The number of aryl methyl sites for hydroxylation is 2.